The fourth-order valence-electron chi connectivity index (χ4n) is 3.25. The van der Waals surface area contributed by atoms with Crippen LogP contribution in [-0.4, -0.2) is 47.6 Å². The largest absolute Gasteiger partial charge is 0.354 e. The quantitative estimate of drug-likeness (QED) is 0.901. The normalized spacial score (nSPS) is 16.0. The Morgan fingerprint density at radius 2 is 1.65 bits per heavy atom. The molecule has 1 aromatic carbocycles. The summed E-state index contributed by atoms with van der Waals surface area (Å²) in [5.41, 5.74) is 3.49. The van der Waals surface area contributed by atoms with Crippen LogP contribution < -0.4 is 10.2 Å². The minimum absolute atomic E-state index is 0.159. The van der Waals surface area contributed by atoms with Gasteiger partial charge in [0.15, 0.2) is 0 Å². The highest BCUT2D eigenvalue weighted by Crippen LogP contribution is 2.25. The SMILES string of the molecule is CCN1CCN(c2cc(C)nc(Nc3ccc(C(C)(C)C)cc3)n2)CC1. The van der Waals surface area contributed by atoms with Gasteiger partial charge >= 0.3 is 0 Å². The second-order valence-electron chi connectivity index (χ2n) is 8.06. The standard InChI is InChI=1S/C21H31N5/c1-6-25-11-13-26(14-12-25)19-15-16(2)22-20(24-19)23-18-9-7-17(8-10-18)21(3,4)5/h7-10,15H,6,11-14H2,1-5H3,(H,22,23,24). The summed E-state index contributed by atoms with van der Waals surface area (Å²) in [6.45, 7) is 16.3. The van der Waals surface area contributed by atoms with E-state index in [4.69, 9.17) is 4.98 Å². The Morgan fingerprint density at radius 3 is 2.23 bits per heavy atom. The van der Waals surface area contributed by atoms with E-state index < -0.39 is 0 Å². The van der Waals surface area contributed by atoms with E-state index in [1.54, 1.807) is 0 Å². The van der Waals surface area contributed by atoms with E-state index in [0.717, 1.165) is 49.9 Å². The number of rotatable bonds is 4. The first-order chi connectivity index (χ1) is 12.3. The highest BCUT2D eigenvalue weighted by Gasteiger charge is 2.18. The zero-order valence-electron chi connectivity index (χ0n) is 16.7. The molecule has 1 fully saturated rings. The highest BCUT2D eigenvalue weighted by molar-refractivity contribution is 5.56. The van der Waals surface area contributed by atoms with Gasteiger partial charge in [-0.3, -0.25) is 0 Å². The molecule has 1 N–H and O–H groups in total. The fourth-order valence-corrected chi connectivity index (χ4v) is 3.25. The molecule has 0 unspecified atom stereocenters. The number of benzene rings is 1. The molecule has 26 heavy (non-hydrogen) atoms. The van der Waals surface area contributed by atoms with E-state index in [9.17, 15) is 0 Å². The monoisotopic (exact) mass is 353 g/mol. The number of nitrogens with zero attached hydrogens (tertiary/aromatic N) is 4. The van der Waals surface area contributed by atoms with Crippen LogP contribution in [0.15, 0.2) is 30.3 Å². The molecule has 0 saturated carbocycles. The van der Waals surface area contributed by atoms with Gasteiger partial charge in [0, 0.05) is 43.6 Å². The lowest BCUT2D eigenvalue weighted by Gasteiger charge is -2.34. The predicted molar refractivity (Wildman–Crippen MR) is 110 cm³/mol. The Hall–Kier alpha value is -2.14. The van der Waals surface area contributed by atoms with Crippen molar-refractivity contribution >= 4 is 17.5 Å². The molecule has 5 nitrogen and oxygen atoms in total. The summed E-state index contributed by atoms with van der Waals surface area (Å²) in [6.07, 6.45) is 0. The van der Waals surface area contributed by atoms with Crippen molar-refractivity contribution in [2.75, 3.05) is 42.9 Å². The first-order valence-electron chi connectivity index (χ1n) is 9.55. The average Bonchev–Trinajstić information content (AvgIpc) is 2.61. The minimum Gasteiger partial charge on any atom is -0.354 e. The second-order valence-corrected chi connectivity index (χ2v) is 8.06. The summed E-state index contributed by atoms with van der Waals surface area (Å²) < 4.78 is 0. The Kier molecular flexibility index (Phi) is 5.47. The van der Waals surface area contributed by atoms with Crippen LogP contribution in [0.25, 0.3) is 0 Å². The van der Waals surface area contributed by atoms with Gasteiger partial charge in [-0.1, -0.05) is 39.8 Å². The number of piperazine rings is 1. The number of anilines is 3. The lowest BCUT2D eigenvalue weighted by molar-refractivity contribution is 0.270. The average molecular weight is 354 g/mol. The smallest absolute Gasteiger partial charge is 0.229 e. The zero-order valence-corrected chi connectivity index (χ0v) is 16.7. The molecule has 5 heteroatoms. The molecule has 1 aliphatic heterocycles. The van der Waals surface area contributed by atoms with Gasteiger partial charge in [0.2, 0.25) is 5.95 Å². The van der Waals surface area contributed by atoms with Gasteiger partial charge in [-0.15, -0.1) is 0 Å². The molecule has 1 aromatic heterocycles. The lowest BCUT2D eigenvalue weighted by atomic mass is 9.87. The van der Waals surface area contributed by atoms with Crippen molar-refractivity contribution in [3.8, 4) is 0 Å². The molecule has 0 bridgehead atoms. The molecule has 0 atom stereocenters. The van der Waals surface area contributed by atoms with E-state index in [-0.39, 0.29) is 5.41 Å². The van der Waals surface area contributed by atoms with Crippen molar-refractivity contribution in [2.45, 2.75) is 40.0 Å². The molecule has 2 heterocycles. The Balaban J connectivity index is 1.74. The fraction of sp³-hybridized carbons (Fsp3) is 0.524. The van der Waals surface area contributed by atoms with E-state index in [0.29, 0.717) is 5.95 Å². The summed E-state index contributed by atoms with van der Waals surface area (Å²) in [7, 11) is 0. The van der Waals surface area contributed by atoms with Crippen molar-refractivity contribution in [1.29, 1.82) is 0 Å². The van der Waals surface area contributed by atoms with Crippen LogP contribution in [0.1, 0.15) is 39.0 Å². The first-order valence-corrected chi connectivity index (χ1v) is 9.55. The number of hydrogen-bond donors (Lipinski definition) is 1. The third-order valence-electron chi connectivity index (χ3n) is 4.99. The van der Waals surface area contributed by atoms with E-state index in [1.807, 2.05) is 6.92 Å². The van der Waals surface area contributed by atoms with Gasteiger partial charge < -0.3 is 15.1 Å². The minimum atomic E-state index is 0.159. The Labute approximate surface area is 157 Å². The van der Waals surface area contributed by atoms with Gasteiger partial charge in [0.25, 0.3) is 0 Å². The van der Waals surface area contributed by atoms with Crippen molar-refractivity contribution in [1.82, 2.24) is 14.9 Å². The summed E-state index contributed by atoms with van der Waals surface area (Å²) >= 11 is 0. The van der Waals surface area contributed by atoms with Crippen molar-refractivity contribution in [3.63, 3.8) is 0 Å². The Morgan fingerprint density at radius 1 is 1.00 bits per heavy atom. The van der Waals surface area contributed by atoms with E-state index in [1.165, 1.54) is 5.56 Å². The molecule has 0 aliphatic carbocycles. The van der Waals surface area contributed by atoms with Gasteiger partial charge in [0.1, 0.15) is 5.82 Å². The number of likely N-dealkylation sites (N-methyl/N-ethyl adjacent to an activating group) is 1. The van der Waals surface area contributed by atoms with Crippen LogP contribution in [-0.2, 0) is 5.41 Å². The summed E-state index contributed by atoms with van der Waals surface area (Å²) in [6, 6.07) is 10.6. The predicted octanol–water partition coefficient (Wildman–Crippen LogP) is 3.97. The molecule has 0 radical (unpaired) electrons. The van der Waals surface area contributed by atoms with E-state index in [2.05, 4.69) is 78.1 Å². The van der Waals surface area contributed by atoms with Crippen molar-refractivity contribution in [3.05, 3.63) is 41.6 Å². The van der Waals surface area contributed by atoms with Gasteiger partial charge in [-0.25, -0.2) is 4.98 Å². The molecule has 140 valence electrons. The molecule has 1 saturated heterocycles. The lowest BCUT2D eigenvalue weighted by Crippen LogP contribution is -2.46. The third kappa shape index (κ3) is 4.52. The number of aryl methyl sites for hydroxylation is 1. The van der Waals surface area contributed by atoms with Crippen LogP contribution in [0.3, 0.4) is 0 Å². The van der Waals surface area contributed by atoms with Gasteiger partial charge in [-0.05, 0) is 36.6 Å². The number of hydrogen-bond acceptors (Lipinski definition) is 5. The molecule has 3 rings (SSSR count). The first kappa shape index (κ1) is 18.6. The summed E-state index contributed by atoms with van der Waals surface area (Å²) in [5, 5.41) is 3.36. The molecular formula is C21H31N5. The topological polar surface area (TPSA) is 44.3 Å². The van der Waals surface area contributed by atoms with Crippen molar-refractivity contribution in [2.24, 2.45) is 0 Å². The molecule has 0 amide bonds. The highest BCUT2D eigenvalue weighted by atomic mass is 15.3. The van der Waals surface area contributed by atoms with Crippen LogP contribution in [0.2, 0.25) is 0 Å². The number of aromatic nitrogens is 2. The van der Waals surface area contributed by atoms with Crippen LogP contribution >= 0.6 is 0 Å². The van der Waals surface area contributed by atoms with E-state index >= 15 is 0 Å². The number of nitrogens with one attached hydrogen (secondary N) is 1. The van der Waals surface area contributed by atoms with Crippen molar-refractivity contribution < 1.29 is 0 Å². The molecular weight excluding hydrogens is 322 g/mol. The zero-order chi connectivity index (χ0) is 18.7. The maximum absolute atomic E-state index is 4.76. The second kappa shape index (κ2) is 7.62. The van der Waals surface area contributed by atoms with Gasteiger partial charge in [-0.2, -0.15) is 4.98 Å². The maximum atomic E-state index is 4.76. The molecule has 1 aliphatic rings. The summed E-state index contributed by atoms with van der Waals surface area (Å²) in [5.74, 6) is 1.68. The van der Waals surface area contributed by atoms with Crippen LogP contribution in [0.5, 0.6) is 0 Å². The van der Waals surface area contributed by atoms with Gasteiger partial charge in [0.05, 0.1) is 0 Å². The van der Waals surface area contributed by atoms with Crippen LogP contribution in [0.4, 0.5) is 17.5 Å². The summed E-state index contributed by atoms with van der Waals surface area (Å²) in [4.78, 5) is 14.2. The molecule has 0 spiro atoms. The van der Waals surface area contributed by atoms with Crippen LogP contribution in [0, 0.1) is 6.92 Å². The molecule has 2 aromatic rings. The third-order valence-corrected chi connectivity index (χ3v) is 4.99. The maximum Gasteiger partial charge on any atom is 0.229 e. The Bertz CT molecular complexity index is 725.